The van der Waals surface area contributed by atoms with Gasteiger partial charge in [0.25, 0.3) is 0 Å². The maximum Gasteiger partial charge on any atom is 0.344 e. The molecule has 2 atom stereocenters. The van der Waals surface area contributed by atoms with Crippen LogP contribution in [0.15, 0.2) is 0 Å². The number of esters is 1. The standard InChI is InChI=1S/C12H26NO5PS/c1-6-16-19(15,17-7-2)9(8-10(13)20)11(14)18-12(3,4)5/h9-10,20H,6-8,13H2,1-5H3. The van der Waals surface area contributed by atoms with Crippen molar-refractivity contribution in [1.82, 2.24) is 0 Å². The summed E-state index contributed by atoms with van der Waals surface area (Å²) in [5.74, 6) is -0.646. The Morgan fingerprint density at radius 1 is 1.25 bits per heavy atom. The number of ether oxygens (including phenoxy) is 1. The maximum absolute atomic E-state index is 12.7. The van der Waals surface area contributed by atoms with Crippen molar-refractivity contribution in [3.8, 4) is 0 Å². The van der Waals surface area contributed by atoms with Gasteiger partial charge in [-0.3, -0.25) is 9.36 Å². The number of hydrogen-bond acceptors (Lipinski definition) is 7. The van der Waals surface area contributed by atoms with Gasteiger partial charge in [-0.2, -0.15) is 12.6 Å². The van der Waals surface area contributed by atoms with Crippen molar-refractivity contribution in [2.24, 2.45) is 5.73 Å². The van der Waals surface area contributed by atoms with E-state index in [-0.39, 0.29) is 19.6 Å². The molecule has 0 heterocycles. The van der Waals surface area contributed by atoms with Gasteiger partial charge in [0.2, 0.25) is 0 Å². The Balaban J connectivity index is 5.29. The molecule has 0 saturated heterocycles. The van der Waals surface area contributed by atoms with Crippen LogP contribution in [-0.2, 0) is 23.1 Å². The second-order valence-electron chi connectivity index (χ2n) is 5.23. The van der Waals surface area contributed by atoms with Crippen LogP contribution in [0.5, 0.6) is 0 Å². The minimum Gasteiger partial charge on any atom is -0.459 e. The second kappa shape index (κ2) is 8.39. The monoisotopic (exact) mass is 327 g/mol. The Morgan fingerprint density at radius 3 is 2.00 bits per heavy atom. The first kappa shape index (κ1) is 19.9. The summed E-state index contributed by atoms with van der Waals surface area (Å²) in [7, 11) is -3.63. The molecule has 120 valence electrons. The quantitative estimate of drug-likeness (QED) is 0.308. The van der Waals surface area contributed by atoms with Crippen LogP contribution in [0.2, 0.25) is 0 Å². The van der Waals surface area contributed by atoms with Crippen LogP contribution < -0.4 is 5.73 Å². The molecular weight excluding hydrogens is 301 g/mol. The molecule has 6 nitrogen and oxygen atoms in total. The summed E-state index contributed by atoms with van der Waals surface area (Å²) in [5.41, 5.74) is 3.84. The third kappa shape index (κ3) is 7.09. The lowest BCUT2D eigenvalue weighted by molar-refractivity contribution is -0.154. The fourth-order valence-electron chi connectivity index (χ4n) is 1.53. The van der Waals surface area contributed by atoms with Gasteiger partial charge in [-0.25, -0.2) is 0 Å². The Morgan fingerprint density at radius 2 is 1.70 bits per heavy atom. The van der Waals surface area contributed by atoms with Crippen LogP contribution in [0.3, 0.4) is 0 Å². The van der Waals surface area contributed by atoms with Crippen molar-refractivity contribution in [2.75, 3.05) is 13.2 Å². The maximum atomic E-state index is 12.7. The molecule has 0 bridgehead atoms. The molecule has 0 rings (SSSR count). The Hall–Kier alpha value is -0.0700. The van der Waals surface area contributed by atoms with E-state index in [0.717, 1.165) is 0 Å². The summed E-state index contributed by atoms with van der Waals surface area (Å²) < 4.78 is 28.4. The summed E-state index contributed by atoms with van der Waals surface area (Å²) in [5, 5.41) is -0.623. The molecule has 0 saturated carbocycles. The average Bonchev–Trinajstić information content (AvgIpc) is 2.23. The lowest BCUT2D eigenvalue weighted by Gasteiger charge is -2.29. The van der Waals surface area contributed by atoms with Gasteiger partial charge < -0.3 is 19.5 Å². The summed E-state index contributed by atoms with van der Waals surface area (Å²) in [6.45, 7) is 8.88. The highest BCUT2D eigenvalue weighted by atomic mass is 32.1. The minimum absolute atomic E-state index is 0.0509. The van der Waals surface area contributed by atoms with Crippen molar-refractivity contribution < 1.29 is 23.1 Å². The van der Waals surface area contributed by atoms with Gasteiger partial charge >= 0.3 is 13.6 Å². The van der Waals surface area contributed by atoms with Gasteiger partial charge in [-0.15, -0.1) is 0 Å². The molecule has 0 aliphatic carbocycles. The van der Waals surface area contributed by atoms with E-state index in [4.69, 9.17) is 19.5 Å². The number of nitrogens with two attached hydrogens (primary N) is 1. The van der Waals surface area contributed by atoms with E-state index in [1.165, 1.54) is 0 Å². The van der Waals surface area contributed by atoms with E-state index in [1.807, 2.05) is 0 Å². The van der Waals surface area contributed by atoms with Gasteiger partial charge in [0.05, 0.1) is 13.2 Å². The third-order valence-electron chi connectivity index (χ3n) is 2.14. The predicted molar refractivity (Wildman–Crippen MR) is 82.1 cm³/mol. The van der Waals surface area contributed by atoms with Crippen LogP contribution >= 0.6 is 20.2 Å². The molecule has 0 aliphatic rings. The van der Waals surface area contributed by atoms with Gasteiger partial charge in [0.15, 0.2) is 5.66 Å². The summed E-state index contributed by atoms with van der Waals surface area (Å²) >= 11 is 4.05. The first-order valence-corrected chi connectivity index (χ1v) is 8.73. The van der Waals surface area contributed by atoms with Crippen LogP contribution in [0, 0.1) is 0 Å². The Labute approximate surface area is 126 Å². The number of thiol groups is 1. The first-order chi connectivity index (χ1) is 9.05. The average molecular weight is 327 g/mol. The number of hydrogen-bond donors (Lipinski definition) is 2. The molecule has 20 heavy (non-hydrogen) atoms. The zero-order chi connectivity index (χ0) is 16.0. The first-order valence-electron chi connectivity index (χ1n) is 6.61. The summed E-state index contributed by atoms with van der Waals surface area (Å²) in [6.07, 6.45) is 0.0509. The second-order valence-corrected chi connectivity index (χ2v) is 8.11. The molecule has 2 unspecified atom stereocenters. The lowest BCUT2D eigenvalue weighted by Crippen LogP contribution is -2.35. The molecule has 0 aliphatic heterocycles. The summed E-state index contributed by atoms with van der Waals surface area (Å²) in [6, 6.07) is 0. The zero-order valence-electron chi connectivity index (χ0n) is 12.8. The fraction of sp³-hybridized carbons (Fsp3) is 0.917. The molecule has 0 aromatic carbocycles. The normalized spacial score (nSPS) is 15.8. The van der Waals surface area contributed by atoms with E-state index in [1.54, 1.807) is 34.6 Å². The highest BCUT2D eigenvalue weighted by molar-refractivity contribution is 7.80. The summed E-state index contributed by atoms with van der Waals surface area (Å²) in [4.78, 5) is 12.2. The molecule has 0 radical (unpaired) electrons. The van der Waals surface area contributed by atoms with Crippen molar-refractivity contribution in [3.63, 3.8) is 0 Å². The van der Waals surface area contributed by atoms with Gasteiger partial charge in [0, 0.05) is 5.37 Å². The smallest absolute Gasteiger partial charge is 0.344 e. The SMILES string of the molecule is CCOP(=O)(OCC)C(CC(N)S)C(=O)OC(C)(C)C. The molecule has 8 heteroatoms. The van der Waals surface area contributed by atoms with E-state index in [0.29, 0.717) is 0 Å². The topological polar surface area (TPSA) is 87.9 Å². The van der Waals surface area contributed by atoms with Gasteiger partial charge in [-0.05, 0) is 41.0 Å². The van der Waals surface area contributed by atoms with E-state index >= 15 is 0 Å². The van der Waals surface area contributed by atoms with Crippen molar-refractivity contribution in [3.05, 3.63) is 0 Å². The van der Waals surface area contributed by atoms with Gasteiger partial charge in [-0.1, -0.05) is 0 Å². The molecule has 0 fully saturated rings. The van der Waals surface area contributed by atoms with Crippen LogP contribution in [-0.4, -0.2) is 35.8 Å². The van der Waals surface area contributed by atoms with E-state index in [9.17, 15) is 9.36 Å². The molecule has 0 amide bonds. The number of rotatable bonds is 8. The van der Waals surface area contributed by atoms with Crippen LogP contribution in [0.25, 0.3) is 0 Å². The van der Waals surface area contributed by atoms with Gasteiger partial charge in [0.1, 0.15) is 5.60 Å². The van der Waals surface area contributed by atoms with Crippen molar-refractivity contribution >= 4 is 26.2 Å². The largest absolute Gasteiger partial charge is 0.459 e. The molecule has 2 N–H and O–H groups in total. The highest BCUT2D eigenvalue weighted by Crippen LogP contribution is 2.55. The van der Waals surface area contributed by atoms with Crippen LogP contribution in [0.1, 0.15) is 41.0 Å². The molecule has 0 aromatic rings. The van der Waals surface area contributed by atoms with E-state index < -0.39 is 30.2 Å². The predicted octanol–water partition coefficient (Wildman–Crippen LogP) is 2.57. The Kier molecular flexibility index (Phi) is 8.36. The molecule has 0 aromatic heterocycles. The van der Waals surface area contributed by atoms with E-state index in [2.05, 4.69) is 12.6 Å². The van der Waals surface area contributed by atoms with Crippen LogP contribution in [0.4, 0.5) is 0 Å². The number of carbonyl (C=O) groups is 1. The minimum atomic E-state index is -3.63. The third-order valence-corrected chi connectivity index (χ3v) is 4.78. The zero-order valence-corrected chi connectivity index (χ0v) is 14.6. The van der Waals surface area contributed by atoms with Crippen molar-refractivity contribution in [2.45, 2.75) is 57.7 Å². The Bertz CT molecular complexity index is 346. The molecular formula is C12H26NO5PS. The number of carbonyl (C=O) groups excluding carboxylic acids is 1. The lowest BCUT2D eigenvalue weighted by atomic mass is 10.2. The van der Waals surface area contributed by atoms with Crippen molar-refractivity contribution in [1.29, 1.82) is 0 Å². The molecule has 0 spiro atoms. The highest BCUT2D eigenvalue weighted by Gasteiger charge is 2.43. The fourth-order valence-corrected chi connectivity index (χ4v) is 3.86.